The van der Waals surface area contributed by atoms with Gasteiger partial charge in [-0.3, -0.25) is 19.9 Å². The molecule has 22 heavy (non-hydrogen) atoms. The number of rotatable bonds is 0. The lowest BCUT2D eigenvalue weighted by molar-refractivity contribution is 0.0880. The predicted molar refractivity (Wildman–Crippen MR) is 82.9 cm³/mol. The number of pyridine rings is 1. The van der Waals surface area contributed by atoms with Gasteiger partial charge in [-0.05, 0) is 12.1 Å². The maximum atomic E-state index is 12.3. The van der Waals surface area contributed by atoms with E-state index in [1.54, 1.807) is 12.3 Å². The second-order valence-corrected chi connectivity index (χ2v) is 5.35. The van der Waals surface area contributed by atoms with Crippen LogP contribution in [0.15, 0.2) is 42.6 Å². The number of fused-ring (bicyclic) bond motifs is 8. The number of para-hydroxylation sites is 1. The van der Waals surface area contributed by atoms with Crippen molar-refractivity contribution in [3.05, 3.63) is 53.7 Å². The minimum absolute atomic E-state index is 0.347. The number of imide groups is 1. The third-order valence-electron chi connectivity index (χ3n) is 4.20. The molecule has 1 aliphatic heterocycles. The molecule has 5 nitrogen and oxygen atoms in total. The molecular formula is C17H9N3O2. The van der Waals surface area contributed by atoms with E-state index in [2.05, 4.69) is 15.3 Å². The summed E-state index contributed by atoms with van der Waals surface area (Å²) >= 11 is 0. The van der Waals surface area contributed by atoms with Crippen LogP contribution in [0.25, 0.3) is 32.7 Å². The lowest BCUT2D eigenvalue weighted by atomic mass is 9.97. The zero-order chi connectivity index (χ0) is 14.8. The predicted octanol–water partition coefficient (Wildman–Crippen LogP) is 2.75. The zero-order valence-electron chi connectivity index (χ0n) is 11.3. The van der Waals surface area contributed by atoms with Gasteiger partial charge in [0.15, 0.2) is 0 Å². The van der Waals surface area contributed by atoms with Gasteiger partial charge in [-0.25, -0.2) is 0 Å². The molecule has 2 aromatic carbocycles. The number of carbonyl (C=O) groups excluding carboxylic acids is 2. The maximum Gasteiger partial charge on any atom is 0.259 e. The Labute approximate surface area is 124 Å². The molecule has 0 radical (unpaired) electrons. The normalized spacial score (nSPS) is 14.0. The molecule has 2 N–H and O–H groups in total. The molecule has 0 fully saturated rings. The van der Waals surface area contributed by atoms with Gasteiger partial charge >= 0.3 is 0 Å². The lowest BCUT2D eigenvalue weighted by Crippen LogP contribution is -2.20. The second kappa shape index (κ2) is 3.71. The number of nitrogens with zero attached hydrogens (tertiary/aromatic N) is 1. The van der Waals surface area contributed by atoms with Gasteiger partial charge in [-0.2, -0.15) is 0 Å². The number of benzene rings is 2. The molecule has 0 atom stereocenters. The van der Waals surface area contributed by atoms with Gasteiger partial charge in [0.1, 0.15) is 0 Å². The maximum absolute atomic E-state index is 12.3. The van der Waals surface area contributed by atoms with Crippen molar-refractivity contribution in [2.45, 2.75) is 0 Å². The van der Waals surface area contributed by atoms with Gasteiger partial charge in [-0.15, -0.1) is 0 Å². The molecule has 1 aliphatic rings. The monoisotopic (exact) mass is 287 g/mol. The van der Waals surface area contributed by atoms with Crippen molar-refractivity contribution in [3.63, 3.8) is 0 Å². The first kappa shape index (κ1) is 11.4. The van der Waals surface area contributed by atoms with Gasteiger partial charge in [0.2, 0.25) is 0 Å². The minimum atomic E-state index is -0.356. The average molecular weight is 287 g/mol. The van der Waals surface area contributed by atoms with E-state index < -0.39 is 0 Å². The number of aromatic amines is 1. The highest BCUT2D eigenvalue weighted by Crippen LogP contribution is 2.38. The molecule has 104 valence electrons. The van der Waals surface area contributed by atoms with Gasteiger partial charge in [0.05, 0.1) is 22.2 Å². The summed E-state index contributed by atoms with van der Waals surface area (Å²) in [6.45, 7) is 0. The summed E-state index contributed by atoms with van der Waals surface area (Å²) in [6, 6.07) is 11.3. The number of H-pyrrole nitrogens is 1. The molecule has 2 amide bonds. The Morgan fingerprint density at radius 1 is 0.864 bits per heavy atom. The molecule has 4 aromatic rings. The van der Waals surface area contributed by atoms with Crippen LogP contribution in [0.5, 0.6) is 0 Å². The summed E-state index contributed by atoms with van der Waals surface area (Å²) in [5.74, 6) is -0.703. The number of nitrogens with one attached hydrogen (secondary N) is 2. The Balaban J connectivity index is 2.20. The molecular weight excluding hydrogens is 278 g/mol. The second-order valence-electron chi connectivity index (χ2n) is 5.35. The molecule has 0 aliphatic carbocycles. The highest BCUT2D eigenvalue weighted by Gasteiger charge is 2.33. The summed E-state index contributed by atoms with van der Waals surface area (Å²) in [5.41, 5.74) is 3.28. The van der Waals surface area contributed by atoms with Crippen LogP contribution in [0.3, 0.4) is 0 Å². The zero-order valence-corrected chi connectivity index (χ0v) is 11.3. The number of amides is 2. The van der Waals surface area contributed by atoms with E-state index in [0.717, 1.165) is 21.8 Å². The van der Waals surface area contributed by atoms with Gasteiger partial charge in [-0.1, -0.05) is 24.3 Å². The topological polar surface area (TPSA) is 74.8 Å². The van der Waals surface area contributed by atoms with Crippen molar-refractivity contribution < 1.29 is 9.59 Å². The number of hydrogen-bond donors (Lipinski definition) is 2. The fraction of sp³-hybridized carbons (Fsp3) is 0. The van der Waals surface area contributed by atoms with Crippen LogP contribution in [-0.2, 0) is 0 Å². The van der Waals surface area contributed by atoms with Crippen molar-refractivity contribution in [3.8, 4) is 0 Å². The summed E-state index contributed by atoms with van der Waals surface area (Å²) in [7, 11) is 0. The third kappa shape index (κ3) is 1.21. The largest absolute Gasteiger partial charge is 0.353 e. The number of carbonyl (C=O) groups is 2. The highest BCUT2D eigenvalue weighted by atomic mass is 16.2. The summed E-state index contributed by atoms with van der Waals surface area (Å²) in [5, 5.41) is 4.78. The molecule has 3 heterocycles. The van der Waals surface area contributed by atoms with E-state index in [0.29, 0.717) is 22.0 Å². The quantitative estimate of drug-likeness (QED) is 0.488. The standard InChI is InChI=1S/C17H9N3O2/c21-16-12-9-5-3-7-18-14(9)15-11(13(12)17(22)20-16)8-4-1-2-6-10(8)19-15/h1-7,19H,(H,20,21,22). The van der Waals surface area contributed by atoms with Crippen molar-refractivity contribution in [1.29, 1.82) is 0 Å². The molecule has 5 heteroatoms. The van der Waals surface area contributed by atoms with E-state index in [-0.39, 0.29) is 11.8 Å². The van der Waals surface area contributed by atoms with E-state index in [4.69, 9.17) is 0 Å². The van der Waals surface area contributed by atoms with E-state index in [1.807, 2.05) is 30.3 Å². The fourth-order valence-electron chi connectivity index (χ4n) is 3.34. The molecule has 2 aromatic heterocycles. The van der Waals surface area contributed by atoms with Crippen LogP contribution in [0.4, 0.5) is 0 Å². The first-order chi connectivity index (χ1) is 10.8. The Kier molecular flexibility index (Phi) is 1.93. The van der Waals surface area contributed by atoms with E-state index >= 15 is 0 Å². The van der Waals surface area contributed by atoms with Crippen molar-refractivity contribution >= 4 is 44.5 Å². The Hall–Kier alpha value is -3.21. The number of hydrogen-bond acceptors (Lipinski definition) is 3. The minimum Gasteiger partial charge on any atom is -0.353 e. The fourth-order valence-corrected chi connectivity index (χ4v) is 3.34. The molecule has 0 spiro atoms. The Bertz CT molecular complexity index is 1140. The molecule has 5 rings (SSSR count). The SMILES string of the molecule is O=C1NC(=O)c2c1c1cccnc1c1[nH]c3ccccc3c21. The summed E-state index contributed by atoms with van der Waals surface area (Å²) < 4.78 is 0. The van der Waals surface area contributed by atoms with Crippen LogP contribution < -0.4 is 5.32 Å². The summed E-state index contributed by atoms with van der Waals surface area (Å²) in [6.07, 6.45) is 1.69. The van der Waals surface area contributed by atoms with Crippen LogP contribution in [0.2, 0.25) is 0 Å². The smallest absolute Gasteiger partial charge is 0.259 e. The average Bonchev–Trinajstić information content (AvgIpc) is 3.05. The van der Waals surface area contributed by atoms with Crippen LogP contribution in [-0.4, -0.2) is 21.8 Å². The summed E-state index contributed by atoms with van der Waals surface area (Å²) in [4.78, 5) is 32.3. The van der Waals surface area contributed by atoms with Crippen LogP contribution >= 0.6 is 0 Å². The van der Waals surface area contributed by atoms with Gasteiger partial charge in [0, 0.05) is 27.9 Å². The first-order valence-electron chi connectivity index (χ1n) is 6.92. The van der Waals surface area contributed by atoms with E-state index in [9.17, 15) is 9.59 Å². The van der Waals surface area contributed by atoms with Crippen molar-refractivity contribution in [2.24, 2.45) is 0 Å². The first-order valence-corrected chi connectivity index (χ1v) is 6.92. The molecule has 0 saturated heterocycles. The lowest BCUT2D eigenvalue weighted by Gasteiger charge is -2.04. The Morgan fingerprint density at radius 3 is 2.55 bits per heavy atom. The van der Waals surface area contributed by atoms with Crippen LogP contribution in [0.1, 0.15) is 20.7 Å². The van der Waals surface area contributed by atoms with E-state index in [1.165, 1.54) is 0 Å². The third-order valence-corrected chi connectivity index (χ3v) is 4.20. The van der Waals surface area contributed by atoms with Crippen molar-refractivity contribution in [1.82, 2.24) is 15.3 Å². The van der Waals surface area contributed by atoms with Crippen molar-refractivity contribution in [2.75, 3.05) is 0 Å². The van der Waals surface area contributed by atoms with Crippen LogP contribution in [0, 0.1) is 0 Å². The van der Waals surface area contributed by atoms with Gasteiger partial charge in [0.25, 0.3) is 11.8 Å². The van der Waals surface area contributed by atoms with Gasteiger partial charge < -0.3 is 4.98 Å². The molecule has 0 saturated carbocycles. The Morgan fingerprint density at radius 2 is 1.64 bits per heavy atom. The highest BCUT2D eigenvalue weighted by molar-refractivity contribution is 6.36. The number of aromatic nitrogens is 2. The molecule has 0 unspecified atom stereocenters. The molecule has 0 bridgehead atoms.